The summed E-state index contributed by atoms with van der Waals surface area (Å²) in [4.78, 5) is 25.7. The standard InChI is InChI=1S/C17H19NO3S/c1-4-12-10-15(22-11(12)3)16(19)18-14-8-6-13(7-9-14)17(20)21-5-2/h6-10H,4-5H2,1-3H3,(H,18,19). The highest BCUT2D eigenvalue weighted by Gasteiger charge is 2.12. The molecule has 5 heteroatoms. The molecule has 116 valence electrons. The molecule has 0 atom stereocenters. The Bertz CT molecular complexity index is 674. The van der Waals surface area contributed by atoms with Crippen LogP contribution in [-0.2, 0) is 11.2 Å². The zero-order valence-corrected chi connectivity index (χ0v) is 13.8. The van der Waals surface area contributed by atoms with Gasteiger partial charge in [0.2, 0.25) is 0 Å². The highest BCUT2D eigenvalue weighted by molar-refractivity contribution is 7.14. The third-order valence-corrected chi connectivity index (χ3v) is 4.37. The average molecular weight is 317 g/mol. The third kappa shape index (κ3) is 3.74. The fraction of sp³-hybridized carbons (Fsp3) is 0.294. The summed E-state index contributed by atoms with van der Waals surface area (Å²) in [6.07, 6.45) is 0.920. The van der Waals surface area contributed by atoms with Crippen molar-refractivity contribution in [1.29, 1.82) is 0 Å². The summed E-state index contributed by atoms with van der Waals surface area (Å²) < 4.78 is 4.92. The minimum atomic E-state index is -0.359. The molecule has 2 aromatic rings. The van der Waals surface area contributed by atoms with Gasteiger partial charge in [-0.25, -0.2) is 4.79 Å². The minimum absolute atomic E-state index is 0.128. The Kier molecular flexibility index (Phi) is 5.33. The van der Waals surface area contributed by atoms with Gasteiger partial charge in [0, 0.05) is 10.6 Å². The van der Waals surface area contributed by atoms with Crippen LogP contribution < -0.4 is 5.32 Å². The van der Waals surface area contributed by atoms with Crippen molar-refractivity contribution in [3.63, 3.8) is 0 Å². The van der Waals surface area contributed by atoms with Crippen LogP contribution >= 0.6 is 11.3 Å². The normalized spacial score (nSPS) is 10.3. The van der Waals surface area contributed by atoms with E-state index >= 15 is 0 Å². The van der Waals surface area contributed by atoms with Crippen molar-refractivity contribution < 1.29 is 14.3 Å². The van der Waals surface area contributed by atoms with E-state index in [4.69, 9.17) is 4.74 Å². The van der Waals surface area contributed by atoms with Crippen molar-refractivity contribution in [2.24, 2.45) is 0 Å². The van der Waals surface area contributed by atoms with E-state index in [0.717, 1.165) is 6.42 Å². The molecular formula is C17H19NO3S. The van der Waals surface area contributed by atoms with Gasteiger partial charge in [-0.2, -0.15) is 0 Å². The summed E-state index contributed by atoms with van der Waals surface area (Å²) >= 11 is 1.49. The number of nitrogens with one attached hydrogen (secondary N) is 1. The lowest BCUT2D eigenvalue weighted by Crippen LogP contribution is -2.10. The summed E-state index contributed by atoms with van der Waals surface area (Å²) in [5.74, 6) is -0.487. The van der Waals surface area contributed by atoms with Gasteiger partial charge in [0.1, 0.15) is 0 Å². The van der Waals surface area contributed by atoms with Crippen molar-refractivity contribution >= 4 is 28.9 Å². The van der Waals surface area contributed by atoms with E-state index in [1.165, 1.54) is 21.8 Å². The molecule has 22 heavy (non-hydrogen) atoms. The highest BCUT2D eigenvalue weighted by Crippen LogP contribution is 2.23. The number of benzene rings is 1. The van der Waals surface area contributed by atoms with Crippen LogP contribution in [0.4, 0.5) is 5.69 Å². The van der Waals surface area contributed by atoms with Crippen LogP contribution in [0.25, 0.3) is 0 Å². The lowest BCUT2D eigenvalue weighted by atomic mass is 10.2. The Hall–Kier alpha value is -2.14. The quantitative estimate of drug-likeness (QED) is 0.847. The van der Waals surface area contributed by atoms with Gasteiger partial charge < -0.3 is 10.1 Å². The van der Waals surface area contributed by atoms with Gasteiger partial charge in [-0.3, -0.25) is 4.79 Å². The van der Waals surface area contributed by atoms with Gasteiger partial charge in [-0.05, 0) is 56.2 Å². The monoisotopic (exact) mass is 317 g/mol. The molecule has 0 spiro atoms. The molecule has 0 saturated heterocycles. The number of amides is 1. The van der Waals surface area contributed by atoms with Crippen LogP contribution in [0.5, 0.6) is 0 Å². The fourth-order valence-electron chi connectivity index (χ4n) is 2.08. The smallest absolute Gasteiger partial charge is 0.338 e. The first-order chi connectivity index (χ1) is 10.5. The zero-order valence-electron chi connectivity index (χ0n) is 12.9. The first-order valence-electron chi connectivity index (χ1n) is 7.23. The second-order valence-corrected chi connectivity index (χ2v) is 6.05. The molecule has 0 saturated carbocycles. The highest BCUT2D eigenvalue weighted by atomic mass is 32.1. The van der Waals surface area contributed by atoms with Crippen molar-refractivity contribution in [2.45, 2.75) is 27.2 Å². The van der Waals surface area contributed by atoms with Gasteiger partial charge >= 0.3 is 5.97 Å². The molecule has 1 N–H and O–H groups in total. The maximum absolute atomic E-state index is 12.2. The lowest BCUT2D eigenvalue weighted by Gasteiger charge is -2.05. The molecule has 0 fully saturated rings. The number of carbonyl (C=O) groups excluding carboxylic acids is 2. The van der Waals surface area contributed by atoms with Crippen LogP contribution in [0.1, 0.15) is 44.3 Å². The summed E-state index contributed by atoms with van der Waals surface area (Å²) in [6, 6.07) is 8.62. The zero-order chi connectivity index (χ0) is 16.1. The molecule has 0 aliphatic carbocycles. The molecular weight excluding hydrogens is 298 g/mol. The van der Waals surface area contributed by atoms with Gasteiger partial charge in [-0.15, -0.1) is 11.3 Å². The van der Waals surface area contributed by atoms with E-state index < -0.39 is 0 Å². The minimum Gasteiger partial charge on any atom is -0.462 e. The van der Waals surface area contributed by atoms with Gasteiger partial charge in [0.15, 0.2) is 0 Å². The molecule has 0 radical (unpaired) electrons. The lowest BCUT2D eigenvalue weighted by molar-refractivity contribution is 0.0526. The number of ether oxygens (including phenoxy) is 1. The Morgan fingerprint density at radius 2 is 1.86 bits per heavy atom. The number of thiophene rings is 1. The van der Waals surface area contributed by atoms with E-state index in [-0.39, 0.29) is 11.9 Å². The summed E-state index contributed by atoms with van der Waals surface area (Å²) in [5.41, 5.74) is 2.33. The Labute approximate surface area is 134 Å². The third-order valence-electron chi connectivity index (χ3n) is 3.28. The van der Waals surface area contributed by atoms with E-state index in [9.17, 15) is 9.59 Å². The molecule has 1 aromatic carbocycles. The molecule has 0 unspecified atom stereocenters. The second kappa shape index (κ2) is 7.22. The topological polar surface area (TPSA) is 55.4 Å². The number of aryl methyl sites for hydroxylation is 2. The van der Waals surface area contributed by atoms with Crippen LogP contribution in [-0.4, -0.2) is 18.5 Å². The van der Waals surface area contributed by atoms with Crippen molar-refractivity contribution in [2.75, 3.05) is 11.9 Å². The number of esters is 1. The number of carbonyl (C=O) groups is 2. The number of anilines is 1. The van der Waals surface area contributed by atoms with E-state index in [0.29, 0.717) is 22.7 Å². The Morgan fingerprint density at radius 1 is 1.18 bits per heavy atom. The van der Waals surface area contributed by atoms with Gasteiger partial charge in [-0.1, -0.05) is 6.92 Å². The van der Waals surface area contributed by atoms with Gasteiger partial charge in [0.05, 0.1) is 17.0 Å². The Balaban J connectivity index is 2.06. The molecule has 1 aromatic heterocycles. The largest absolute Gasteiger partial charge is 0.462 e. The first kappa shape index (κ1) is 16.2. The van der Waals surface area contributed by atoms with Crippen molar-refractivity contribution in [3.05, 3.63) is 51.2 Å². The molecule has 0 bridgehead atoms. The van der Waals surface area contributed by atoms with Crippen LogP contribution in [0.15, 0.2) is 30.3 Å². The Morgan fingerprint density at radius 3 is 2.41 bits per heavy atom. The number of hydrogen-bond acceptors (Lipinski definition) is 4. The van der Waals surface area contributed by atoms with Crippen LogP contribution in [0, 0.1) is 6.92 Å². The summed E-state index contributed by atoms with van der Waals surface area (Å²) in [6.45, 7) is 6.20. The molecule has 1 heterocycles. The average Bonchev–Trinajstić information content (AvgIpc) is 2.89. The van der Waals surface area contributed by atoms with Crippen LogP contribution in [0.3, 0.4) is 0 Å². The van der Waals surface area contributed by atoms with Crippen LogP contribution in [0.2, 0.25) is 0 Å². The predicted octanol–water partition coefficient (Wildman–Crippen LogP) is 4.05. The molecule has 4 nitrogen and oxygen atoms in total. The second-order valence-electron chi connectivity index (χ2n) is 4.80. The van der Waals surface area contributed by atoms with Crippen molar-refractivity contribution in [3.8, 4) is 0 Å². The van der Waals surface area contributed by atoms with E-state index in [1.807, 2.05) is 13.0 Å². The van der Waals surface area contributed by atoms with E-state index in [2.05, 4.69) is 12.2 Å². The SMILES string of the molecule is CCOC(=O)c1ccc(NC(=O)c2cc(CC)c(C)s2)cc1. The number of hydrogen-bond donors (Lipinski definition) is 1. The van der Waals surface area contributed by atoms with E-state index in [1.54, 1.807) is 31.2 Å². The fourth-order valence-corrected chi connectivity index (χ4v) is 3.09. The molecule has 0 aliphatic rings. The first-order valence-corrected chi connectivity index (χ1v) is 8.04. The van der Waals surface area contributed by atoms with Crippen molar-refractivity contribution in [1.82, 2.24) is 0 Å². The molecule has 2 rings (SSSR count). The van der Waals surface area contributed by atoms with Gasteiger partial charge in [0.25, 0.3) is 5.91 Å². The molecule has 0 aliphatic heterocycles. The number of rotatable bonds is 5. The maximum atomic E-state index is 12.2. The predicted molar refractivity (Wildman–Crippen MR) is 88.8 cm³/mol. The maximum Gasteiger partial charge on any atom is 0.338 e. The summed E-state index contributed by atoms with van der Waals surface area (Å²) in [5, 5.41) is 2.84. The summed E-state index contributed by atoms with van der Waals surface area (Å²) in [7, 11) is 0. The molecule has 1 amide bonds.